The quantitative estimate of drug-likeness (QED) is 0.465. The van der Waals surface area contributed by atoms with Crippen LogP contribution in [-0.2, 0) is 11.2 Å². The third-order valence-electron chi connectivity index (χ3n) is 7.25. The highest BCUT2D eigenvalue weighted by atomic mass is 35.5. The van der Waals surface area contributed by atoms with Gasteiger partial charge in [-0.25, -0.2) is 9.18 Å². The van der Waals surface area contributed by atoms with Gasteiger partial charge in [0.2, 0.25) is 5.91 Å². The number of aliphatic hydroxyl groups is 1. The molecular formula is C28H30ClFN6O4. The smallest absolute Gasteiger partial charge is 0.319 e. The number of nitrogens with zero attached hydrogens (tertiary/aromatic N) is 5. The molecule has 2 aliphatic rings. The number of fused-ring (bicyclic) bond motifs is 2. The second kappa shape index (κ2) is 11.2. The third-order valence-corrected chi connectivity index (χ3v) is 7.56. The summed E-state index contributed by atoms with van der Waals surface area (Å²) in [6, 6.07) is 8.56. The number of allylic oxidation sites excluding steroid dienone is 2. The van der Waals surface area contributed by atoms with E-state index < -0.39 is 17.8 Å². The van der Waals surface area contributed by atoms with Crippen LogP contribution in [0.2, 0.25) is 5.02 Å². The minimum atomic E-state index is -0.651. The van der Waals surface area contributed by atoms with Crippen molar-refractivity contribution in [2.45, 2.75) is 18.8 Å². The molecular weight excluding hydrogens is 539 g/mol. The number of urea groups is 1. The number of aromatic nitrogens is 2. The van der Waals surface area contributed by atoms with Crippen molar-refractivity contribution in [2.24, 2.45) is 5.73 Å². The number of primary amides is 1. The van der Waals surface area contributed by atoms with Gasteiger partial charge in [-0.1, -0.05) is 35.9 Å². The fraction of sp³-hybridized carbons (Fsp3) is 0.357. The highest BCUT2D eigenvalue weighted by molar-refractivity contribution is 6.32. The lowest BCUT2D eigenvalue weighted by Crippen LogP contribution is -2.50. The molecule has 0 bridgehead atoms. The number of carbonyl (C=O) groups excluding carboxylic acids is 2. The maximum Gasteiger partial charge on any atom is 0.319 e. The number of ether oxygens (including phenoxy) is 1. The lowest BCUT2D eigenvalue weighted by Gasteiger charge is -2.35. The first kappa shape index (κ1) is 27.4. The molecule has 12 heteroatoms. The van der Waals surface area contributed by atoms with Gasteiger partial charge in [0.15, 0.2) is 5.82 Å². The topological polar surface area (TPSA) is 125 Å². The van der Waals surface area contributed by atoms with Gasteiger partial charge in [-0.2, -0.15) is 9.97 Å². The highest BCUT2D eigenvalue weighted by Gasteiger charge is 2.30. The monoisotopic (exact) mass is 568 g/mol. The first-order valence-electron chi connectivity index (χ1n) is 12.9. The number of hydrogen-bond donors (Lipinski definition) is 2. The molecule has 40 heavy (non-hydrogen) atoms. The Morgan fingerprint density at radius 2 is 1.93 bits per heavy atom. The van der Waals surface area contributed by atoms with Crippen LogP contribution in [0.5, 0.6) is 6.01 Å². The summed E-state index contributed by atoms with van der Waals surface area (Å²) in [4.78, 5) is 37.5. The Morgan fingerprint density at radius 3 is 2.62 bits per heavy atom. The zero-order valence-electron chi connectivity index (χ0n) is 22.2. The minimum absolute atomic E-state index is 0.00604. The van der Waals surface area contributed by atoms with E-state index in [2.05, 4.69) is 9.97 Å². The lowest BCUT2D eigenvalue weighted by atomic mass is 9.82. The number of nitrogens with two attached hydrogens (primary N) is 1. The van der Waals surface area contributed by atoms with Gasteiger partial charge in [0.05, 0.1) is 12.2 Å². The van der Waals surface area contributed by atoms with Crippen molar-refractivity contribution < 1.29 is 23.8 Å². The van der Waals surface area contributed by atoms with E-state index >= 15 is 4.39 Å². The molecule has 2 aromatic carbocycles. The second-order valence-corrected chi connectivity index (χ2v) is 10.4. The summed E-state index contributed by atoms with van der Waals surface area (Å²) < 4.78 is 22.2. The van der Waals surface area contributed by atoms with Crippen LogP contribution in [0.15, 0.2) is 42.2 Å². The summed E-state index contributed by atoms with van der Waals surface area (Å²) >= 11 is 6.75. The van der Waals surface area contributed by atoms with E-state index in [1.54, 1.807) is 26.2 Å². The molecule has 0 unspecified atom stereocenters. The van der Waals surface area contributed by atoms with E-state index in [0.29, 0.717) is 43.8 Å². The Kier molecular flexibility index (Phi) is 7.66. The van der Waals surface area contributed by atoms with Gasteiger partial charge in [0.25, 0.3) is 0 Å². The average Bonchev–Trinajstić information content (AvgIpc) is 2.93. The van der Waals surface area contributed by atoms with Crippen LogP contribution in [-0.4, -0.2) is 83.7 Å². The Balaban J connectivity index is 1.60. The Labute approximate surface area is 235 Å². The lowest BCUT2D eigenvalue weighted by molar-refractivity contribution is -0.129. The summed E-state index contributed by atoms with van der Waals surface area (Å²) in [5.74, 6) is -0.878. The van der Waals surface area contributed by atoms with Gasteiger partial charge in [0, 0.05) is 68.6 Å². The maximum atomic E-state index is 16.5. The number of aliphatic hydroxyl groups excluding tert-OH is 1. The van der Waals surface area contributed by atoms with E-state index in [1.807, 2.05) is 29.2 Å². The predicted molar refractivity (Wildman–Crippen MR) is 149 cm³/mol. The molecule has 1 saturated heterocycles. The molecule has 1 aromatic heterocycles. The van der Waals surface area contributed by atoms with Crippen LogP contribution in [0.3, 0.4) is 0 Å². The molecule has 210 valence electrons. The molecule has 0 spiro atoms. The molecule has 0 saturated carbocycles. The average molecular weight is 569 g/mol. The van der Waals surface area contributed by atoms with Gasteiger partial charge < -0.3 is 30.3 Å². The van der Waals surface area contributed by atoms with E-state index in [0.717, 1.165) is 11.1 Å². The van der Waals surface area contributed by atoms with Crippen LogP contribution in [0, 0.1) is 5.82 Å². The molecule has 10 nitrogen and oxygen atoms in total. The maximum absolute atomic E-state index is 16.5. The normalized spacial score (nSPS) is 16.9. The van der Waals surface area contributed by atoms with Crippen molar-refractivity contribution in [3.8, 4) is 6.01 Å². The number of halogens is 2. The number of anilines is 1. The van der Waals surface area contributed by atoms with Crippen LogP contribution in [0.25, 0.3) is 10.9 Å². The first-order valence-corrected chi connectivity index (χ1v) is 13.3. The van der Waals surface area contributed by atoms with Crippen molar-refractivity contribution >= 4 is 40.3 Å². The van der Waals surface area contributed by atoms with Gasteiger partial charge in [-0.05, 0) is 23.3 Å². The fourth-order valence-corrected chi connectivity index (χ4v) is 5.44. The molecule has 1 atom stereocenters. The van der Waals surface area contributed by atoms with Crippen LogP contribution in [0.1, 0.15) is 29.0 Å². The van der Waals surface area contributed by atoms with Crippen molar-refractivity contribution in [1.29, 1.82) is 0 Å². The number of hydrogen-bond acceptors (Lipinski definition) is 7. The number of rotatable bonds is 6. The van der Waals surface area contributed by atoms with E-state index in [4.69, 9.17) is 22.1 Å². The van der Waals surface area contributed by atoms with E-state index in [9.17, 15) is 14.7 Å². The number of amides is 3. The van der Waals surface area contributed by atoms with Crippen molar-refractivity contribution in [2.75, 3.05) is 51.8 Å². The van der Waals surface area contributed by atoms with E-state index in [-0.39, 0.29) is 46.8 Å². The molecule has 1 aliphatic heterocycles. The Hall–Kier alpha value is -4.12. The fourth-order valence-electron chi connectivity index (χ4n) is 5.13. The molecule has 3 N–H and O–H groups in total. The first-order chi connectivity index (χ1) is 19.1. The molecule has 0 radical (unpaired) electrons. The van der Waals surface area contributed by atoms with Crippen molar-refractivity contribution in [3.63, 3.8) is 0 Å². The Bertz CT molecular complexity index is 1510. The zero-order valence-corrected chi connectivity index (χ0v) is 23.0. The summed E-state index contributed by atoms with van der Waals surface area (Å²) in [5.41, 5.74) is 7.36. The standard InChI is InChI=1S/C28H30ClFN6O4/c1-34(2)22(38)7-12-40-28-32-25-20(26(33-28)35-8-10-36(11-9-35)27(31)39)15-21(29)23(24(25)30)19-14-17(37)13-16-5-3-4-6-18(16)19/h3-6,14-15,19,37H,7-13H2,1-2H3,(H2,31,39)/t19-/m1/s1. The number of piperazine rings is 1. The largest absolute Gasteiger partial charge is 0.512 e. The molecule has 1 aliphatic carbocycles. The molecule has 5 rings (SSSR count). The molecule has 3 amide bonds. The minimum Gasteiger partial charge on any atom is -0.512 e. The van der Waals surface area contributed by atoms with Gasteiger partial charge in [-0.3, -0.25) is 4.79 Å². The van der Waals surface area contributed by atoms with Crippen molar-refractivity contribution in [1.82, 2.24) is 19.8 Å². The molecule has 1 fully saturated rings. The second-order valence-electron chi connectivity index (χ2n) is 10.0. The van der Waals surface area contributed by atoms with Gasteiger partial charge in [-0.15, -0.1) is 0 Å². The van der Waals surface area contributed by atoms with Gasteiger partial charge in [0.1, 0.15) is 17.9 Å². The zero-order chi connectivity index (χ0) is 28.6. The Morgan fingerprint density at radius 1 is 1.20 bits per heavy atom. The molecule has 2 heterocycles. The summed E-state index contributed by atoms with van der Waals surface area (Å²) in [5, 5.41) is 11.0. The van der Waals surface area contributed by atoms with Gasteiger partial charge >= 0.3 is 12.0 Å². The summed E-state index contributed by atoms with van der Waals surface area (Å²) in [7, 11) is 3.30. The van der Waals surface area contributed by atoms with Crippen LogP contribution in [0.4, 0.5) is 15.0 Å². The van der Waals surface area contributed by atoms with E-state index in [1.165, 1.54) is 9.80 Å². The summed E-state index contributed by atoms with van der Waals surface area (Å²) in [6.45, 7) is 1.55. The third kappa shape index (κ3) is 5.33. The highest BCUT2D eigenvalue weighted by Crippen LogP contribution is 2.42. The number of carbonyl (C=O) groups is 2. The van der Waals surface area contributed by atoms with Crippen LogP contribution >= 0.6 is 11.6 Å². The molecule has 3 aromatic rings. The number of benzene rings is 2. The predicted octanol–water partition coefficient (Wildman–Crippen LogP) is 3.61. The van der Waals surface area contributed by atoms with Crippen LogP contribution < -0.4 is 15.4 Å². The SMILES string of the molecule is CN(C)C(=O)CCOc1nc(N2CCN(C(N)=O)CC2)c2cc(Cl)c([C@@H]3C=C(O)Cc4ccccc43)c(F)c2n1. The van der Waals surface area contributed by atoms with Crippen molar-refractivity contribution in [3.05, 3.63) is 69.7 Å². The summed E-state index contributed by atoms with van der Waals surface area (Å²) in [6.07, 6.45) is 2.05.